The van der Waals surface area contributed by atoms with Crippen LogP contribution in [0.2, 0.25) is 0 Å². The highest BCUT2D eigenvalue weighted by Gasteiger charge is 2.29. The minimum atomic E-state index is 0.696. The summed E-state index contributed by atoms with van der Waals surface area (Å²) in [5.41, 5.74) is 2.94. The molecule has 0 aliphatic heterocycles. The Hall–Kier alpha value is 0.01000. The fourth-order valence-corrected chi connectivity index (χ4v) is 3.07. The van der Waals surface area contributed by atoms with E-state index in [9.17, 15) is 0 Å². The number of hydrogen-bond donors (Lipinski definition) is 0. The maximum Gasteiger partial charge on any atom is 0.0940 e. The summed E-state index contributed by atoms with van der Waals surface area (Å²) in [6.07, 6.45) is 6.57. The number of rotatable bonds is 2. The molecule has 2 rings (SSSR count). The van der Waals surface area contributed by atoms with Gasteiger partial charge < -0.3 is 4.42 Å². The summed E-state index contributed by atoms with van der Waals surface area (Å²) in [5.74, 6) is 2.21. The molecule has 0 bridgehead atoms. The predicted octanol–water partition coefficient (Wildman–Crippen LogP) is 4.33. The first-order chi connectivity index (χ1) is 6.74. The van der Waals surface area contributed by atoms with Crippen LogP contribution in [0.1, 0.15) is 49.7 Å². The molecule has 1 aliphatic carbocycles. The van der Waals surface area contributed by atoms with Crippen molar-refractivity contribution in [1.29, 1.82) is 0 Å². The van der Waals surface area contributed by atoms with Crippen LogP contribution in [0, 0.1) is 5.92 Å². The van der Waals surface area contributed by atoms with Gasteiger partial charge in [0.15, 0.2) is 0 Å². The van der Waals surface area contributed by atoms with Gasteiger partial charge in [0.25, 0.3) is 0 Å². The summed E-state index contributed by atoms with van der Waals surface area (Å²) in [6.45, 7) is 4.66. The molecule has 0 amide bonds. The average molecular weight is 304 g/mol. The second-order valence-electron chi connectivity index (χ2n) is 4.50. The highest BCUT2D eigenvalue weighted by molar-refractivity contribution is 14.1. The first-order valence-electron chi connectivity index (χ1n) is 5.36. The van der Waals surface area contributed by atoms with E-state index in [1.165, 1.54) is 28.4 Å². The zero-order chi connectivity index (χ0) is 10.1. The van der Waals surface area contributed by atoms with Crippen molar-refractivity contribution in [3.8, 4) is 0 Å². The van der Waals surface area contributed by atoms with Gasteiger partial charge >= 0.3 is 0 Å². The van der Waals surface area contributed by atoms with Crippen LogP contribution in [0.3, 0.4) is 0 Å². The van der Waals surface area contributed by atoms with Gasteiger partial charge in [-0.05, 0) is 41.7 Å². The lowest BCUT2D eigenvalue weighted by Crippen LogP contribution is -2.17. The molecule has 78 valence electrons. The lowest BCUT2D eigenvalue weighted by atomic mass is 9.75. The maximum atomic E-state index is 5.36. The molecule has 0 N–H and O–H groups in total. The van der Waals surface area contributed by atoms with Gasteiger partial charge in [0.1, 0.15) is 0 Å². The minimum Gasteiger partial charge on any atom is -0.472 e. The van der Waals surface area contributed by atoms with Crippen LogP contribution in [-0.2, 0) is 0 Å². The summed E-state index contributed by atoms with van der Waals surface area (Å²) in [5, 5.41) is 0. The molecule has 14 heavy (non-hydrogen) atoms. The van der Waals surface area contributed by atoms with Gasteiger partial charge in [-0.2, -0.15) is 0 Å². The summed E-state index contributed by atoms with van der Waals surface area (Å²) in [6, 6.07) is 0. The van der Waals surface area contributed by atoms with E-state index in [-0.39, 0.29) is 0 Å². The standard InChI is InChI=1S/C12H17IO/c1-8-3-4-10(9(2)5-13)12-7-14-6-11(8)12/h6-10H,3-5H2,1-2H3/t8-,9-,10+/m0/s1. The van der Waals surface area contributed by atoms with E-state index in [0.717, 1.165) is 11.8 Å². The molecule has 1 aromatic heterocycles. The Morgan fingerprint density at radius 1 is 1.43 bits per heavy atom. The Labute approximate surface area is 99.4 Å². The molecule has 0 radical (unpaired) electrons. The summed E-state index contributed by atoms with van der Waals surface area (Å²) < 4.78 is 6.60. The van der Waals surface area contributed by atoms with Crippen molar-refractivity contribution < 1.29 is 4.42 Å². The maximum absolute atomic E-state index is 5.36. The number of alkyl halides is 1. The van der Waals surface area contributed by atoms with E-state index in [1.54, 1.807) is 0 Å². The first kappa shape index (κ1) is 10.5. The number of hydrogen-bond acceptors (Lipinski definition) is 1. The Morgan fingerprint density at radius 2 is 2.14 bits per heavy atom. The Morgan fingerprint density at radius 3 is 2.86 bits per heavy atom. The molecule has 1 aliphatic rings. The number of fused-ring (bicyclic) bond motifs is 1. The molecular weight excluding hydrogens is 287 g/mol. The van der Waals surface area contributed by atoms with Crippen LogP contribution in [0.5, 0.6) is 0 Å². The van der Waals surface area contributed by atoms with Crippen LogP contribution < -0.4 is 0 Å². The van der Waals surface area contributed by atoms with E-state index < -0.39 is 0 Å². The van der Waals surface area contributed by atoms with Crippen molar-refractivity contribution in [2.75, 3.05) is 4.43 Å². The van der Waals surface area contributed by atoms with E-state index >= 15 is 0 Å². The van der Waals surface area contributed by atoms with Gasteiger partial charge in [0.05, 0.1) is 12.5 Å². The Balaban J connectivity index is 2.29. The monoisotopic (exact) mass is 304 g/mol. The van der Waals surface area contributed by atoms with E-state index in [4.69, 9.17) is 4.42 Å². The van der Waals surface area contributed by atoms with Crippen LogP contribution in [-0.4, -0.2) is 4.43 Å². The number of halogens is 1. The molecule has 3 atom stereocenters. The summed E-state index contributed by atoms with van der Waals surface area (Å²) >= 11 is 2.49. The second kappa shape index (κ2) is 4.25. The highest BCUT2D eigenvalue weighted by Crippen LogP contribution is 2.43. The molecule has 0 fully saturated rings. The molecule has 1 aromatic rings. The third-order valence-corrected chi connectivity index (χ3v) is 4.88. The van der Waals surface area contributed by atoms with Gasteiger partial charge in [-0.3, -0.25) is 0 Å². The van der Waals surface area contributed by atoms with Crippen LogP contribution >= 0.6 is 22.6 Å². The number of furan rings is 1. The summed E-state index contributed by atoms with van der Waals surface area (Å²) in [7, 11) is 0. The molecule has 1 nitrogen and oxygen atoms in total. The van der Waals surface area contributed by atoms with Gasteiger partial charge in [0.2, 0.25) is 0 Å². The zero-order valence-corrected chi connectivity index (χ0v) is 11.0. The van der Waals surface area contributed by atoms with Crippen molar-refractivity contribution in [3.05, 3.63) is 23.7 Å². The molecule has 1 heterocycles. The van der Waals surface area contributed by atoms with Gasteiger partial charge in [-0.25, -0.2) is 0 Å². The van der Waals surface area contributed by atoms with Crippen LogP contribution in [0.15, 0.2) is 16.9 Å². The SMILES string of the molecule is C[C@H]1CC[C@H]([C@@H](C)CI)c2cocc21. The fraction of sp³-hybridized carbons (Fsp3) is 0.667. The molecule has 0 unspecified atom stereocenters. The lowest BCUT2D eigenvalue weighted by molar-refractivity contribution is 0.419. The van der Waals surface area contributed by atoms with Crippen molar-refractivity contribution in [1.82, 2.24) is 0 Å². The normalized spacial score (nSPS) is 28.5. The van der Waals surface area contributed by atoms with Gasteiger partial charge in [0, 0.05) is 4.43 Å². The molecule has 0 saturated heterocycles. The van der Waals surface area contributed by atoms with Crippen molar-refractivity contribution in [2.24, 2.45) is 5.92 Å². The van der Waals surface area contributed by atoms with Crippen LogP contribution in [0.4, 0.5) is 0 Å². The molecule has 0 spiro atoms. The van der Waals surface area contributed by atoms with Crippen molar-refractivity contribution in [2.45, 2.75) is 38.5 Å². The molecule has 2 heteroatoms. The average Bonchev–Trinajstić information content (AvgIpc) is 2.67. The zero-order valence-electron chi connectivity index (χ0n) is 8.79. The van der Waals surface area contributed by atoms with Crippen molar-refractivity contribution >= 4 is 22.6 Å². The van der Waals surface area contributed by atoms with Gasteiger partial charge in [-0.1, -0.05) is 36.4 Å². The Kier molecular flexibility index (Phi) is 3.20. The quantitative estimate of drug-likeness (QED) is 0.585. The Bertz CT molecular complexity index is 305. The lowest BCUT2D eigenvalue weighted by Gasteiger charge is -2.29. The topological polar surface area (TPSA) is 13.1 Å². The first-order valence-corrected chi connectivity index (χ1v) is 6.88. The summed E-state index contributed by atoms with van der Waals surface area (Å²) in [4.78, 5) is 0. The molecule has 0 aromatic carbocycles. The molecular formula is C12H17IO. The fourth-order valence-electron chi connectivity index (χ4n) is 2.46. The second-order valence-corrected chi connectivity index (χ2v) is 5.38. The van der Waals surface area contributed by atoms with E-state index in [1.807, 2.05) is 12.5 Å². The largest absolute Gasteiger partial charge is 0.472 e. The van der Waals surface area contributed by atoms with E-state index in [0.29, 0.717) is 5.92 Å². The smallest absolute Gasteiger partial charge is 0.0940 e. The minimum absolute atomic E-state index is 0.696. The third-order valence-electron chi connectivity index (χ3n) is 3.49. The van der Waals surface area contributed by atoms with Crippen LogP contribution in [0.25, 0.3) is 0 Å². The van der Waals surface area contributed by atoms with Crippen molar-refractivity contribution in [3.63, 3.8) is 0 Å². The molecule has 0 saturated carbocycles. The third kappa shape index (κ3) is 1.73. The highest BCUT2D eigenvalue weighted by atomic mass is 127. The van der Waals surface area contributed by atoms with E-state index in [2.05, 4.69) is 36.4 Å². The predicted molar refractivity (Wildman–Crippen MR) is 67.1 cm³/mol. The van der Waals surface area contributed by atoms with Gasteiger partial charge in [-0.15, -0.1) is 0 Å².